The number of rotatable bonds is 7. The normalized spacial score (nSPS) is 11.7. The molecule has 4 heterocycles. The summed E-state index contributed by atoms with van der Waals surface area (Å²) < 4.78 is 43.9. The number of carbonyl (C=O) groups excluding carboxylic acids is 2. The molecule has 216 valence electrons. The van der Waals surface area contributed by atoms with Crippen LogP contribution in [0.5, 0.6) is 0 Å². The number of halogens is 3. The predicted molar refractivity (Wildman–Crippen MR) is 147 cm³/mol. The summed E-state index contributed by atoms with van der Waals surface area (Å²) in [4.78, 5) is 39.8. The molecule has 0 unspecified atom stereocenters. The summed E-state index contributed by atoms with van der Waals surface area (Å²) in [5, 5.41) is 22.4. The van der Waals surface area contributed by atoms with Crippen LogP contribution in [0.3, 0.4) is 0 Å². The molecule has 2 amide bonds. The first-order chi connectivity index (χ1) is 19.7. The number of aromatic nitrogens is 5. The third-order valence-corrected chi connectivity index (χ3v) is 7.55. The minimum Gasteiger partial charge on any atom is -0.365 e. The molecule has 0 radical (unpaired) electrons. The number of hydrogen-bond acceptors (Lipinski definition) is 8. The van der Waals surface area contributed by atoms with Crippen molar-refractivity contribution in [2.24, 2.45) is 5.73 Å². The van der Waals surface area contributed by atoms with Crippen molar-refractivity contribution in [3.63, 3.8) is 0 Å². The number of pyridine rings is 1. The Morgan fingerprint density at radius 1 is 1.12 bits per heavy atom. The Hall–Kier alpha value is -5.12. The van der Waals surface area contributed by atoms with E-state index in [1.165, 1.54) is 35.5 Å². The first-order valence-electron chi connectivity index (χ1n) is 12.2. The molecule has 5 aromatic rings. The molecule has 5 rings (SSSR count). The van der Waals surface area contributed by atoms with Crippen LogP contribution in [0.25, 0.3) is 21.3 Å². The second kappa shape index (κ2) is 10.4. The minimum atomic E-state index is -4.77. The first kappa shape index (κ1) is 28.4. The lowest BCUT2D eigenvalue weighted by Crippen LogP contribution is -2.18. The monoisotopic (exact) mass is 598 g/mol. The third kappa shape index (κ3) is 5.18. The zero-order valence-corrected chi connectivity index (χ0v) is 23.0. The fraction of sp³-hybridized carbons (Fsp3) is 0.192. The van der Waals surface area contributed by atoms with Crippen LogP contribution in [0.4, 0.5) is 24.5 Å². The van der Waals surface area contributed by atoms with Gasteiger partial charge in [0.2, 0.25) is 0 Å². The standard InChI is InChI=1S/C26H21F3N8O4S/c1-12-4-6-15(7-5-12)16-10-18(26(27,28)29)31-25-19(16)20(22(42-25)23(30)38)32-24(39)17-8-9-35(34-17)11-36-14(3)21(37(40)41)13(2)33-36/h4-10H,11H2,1-3H3,(H2,30,38)(H,32,39). The van der Waals surface area contributed by atoms with Crippen LogP contribution in [-0.4, -0.2) is 41.3 Å². The number of hydrogen-bond donors (Lipinski definition) is 2. The van der Waals surface area contributed by atoms with Crippen molar-refractivity contribution in [3.8, 4) is 11.1 Å². The molecule has 0 aliphatic carbocycles. The van der Waals surface area contributed by atoms with Gasteiger partial charge in [-0.1, -0.05) is 29.8 Å². The number of carbonyl (C=O) groups is 2. The van der Waals surface area contributed by atoms with Crippen LogP contribution in [0.15, 0.2) is 42.6 Å². The maximum Gasteiger partial charge on any atom is 0.433 e. The van der Waals surface area contributed by atoms with Crippen molar-refractivity contribution >= 4 is 44.7 Å². The highest BCUT2D eigenvalue weighted by Gasteiger charge is 2.35. The second-order valence-corrected chi connectivity index (χ2v) is 10.4. The van der Waals surface area contributed by atoms with Gasteiger partial charge in [0.15, 0.2) is 5.69 Å². The highest BCUT2D eigenvalue weighted by atomic mass is 32.1. The van der Waals surface area contributed by atoms with Crippen molar-refractivity contribution in [1.29, 1.82) is 0 Å². The van der Waals surface area contributed by atoms with Crippen LogP contribution >= 0.6 is 11.3 Å². The number of thiophene rings is 1. The number of primary amides is 1. The molecule has 16 heteroatoms. The van der Waals surface area contributed by atoms with Crippen molar-refractivity contribution in [3.05, 3.63) is 85.9 Å². The van der Waals surface area contributed by atoms with Crippen molar-refractivity contribution in [2.45, 2.75) is 33.6 Å². The van der Waals surface area contributed by atoms with Gasteiger partial charge in [0, 0.05) is 11.6 Å². The number of nitro groups is 1. The van der Waals surface area contributed by atoms with Gasteiger partial charge in [-0.25, -0.2) is 9.67 Å². The summed E-state index contributed by atoms with van der Waals surface area (Å²) in [6, 6.07) is 8.93. The highest BCUT2D eigenvalue weighted by molar-refractivity contribution is 7.21. The van der Waals surface area contributed by atoms with Gasteiger partial charge < -0.3 is 11.1 Å². The summed E-state index contributed by atoms with van der Waals surface area (Å²) in [6.07, 6.45) is -3.32. The van der Waals surface area contributed by atoms with Crippen LogP contribution in [0.2, 0.25) is 0 Å². The van der Waals surface area contributed by atoms with Gasteiger partial charge in [0.05, 0.1) is 10.6 Å². The number of nitrogens with zero attached hydrogens (tertiary/aromatic N) is 6. The van der Waals surface area contributed by atoms with Gasteiger partial charge in [0.1, 0.15) is 33.5 Å². The molecule has 3 N–H and O–H groups in total. The molecule has 0 atom stereocenters. The zero-order chi connectivity index (χ0) is 30.5. The number of nitrogens with one attached hydrogen (secondary N) is 1. The number of alkyl halides is 3. The van der Waals surface area contributed by atoms with E-state index in [0.29, 0.717) is 22.6 Å². The maximum atomic E-state index is 13.8. The molecular formula is C26H21F3N8O4S. The lowest BCUT2D eigenvalue weighted by atomic mass is 10.00. The second-order valence-electron chi connectivity index (χ2n) is 9.38. The Bertz CT molecular complexity index is 1890. The Morgan fingerprint density at radius 2 is 1.81 bits per heavy atom. The highest BCUT2D eigenvalue weighted by Crippen LogP contribution is 2.43. The molecule has 0 aliphatic heterocycles. The molecule has 0 spiro atoms. The van der Waals surface area contributed by atoms with Crippen molar-refractivity contribution in [1.82, 2.24) is 24.5 Å². The molecular weight excluding hydrogens is 577 g/mol. The summed E-state index contributed by atoms with van der Waals surface area (Å²) in [5.74, 6) is -1.74. The van der Waals surface area contributed by atoms with Crippen LogP contribution in [-0.2, 0) is 12.8 Å². The van der Waals surface area contributed by atoms with Crippen molar-refractivity contribution < 1.29 is 27.7 Å². The molecule has 0 bridgehead atoms. The van der Waals surface area contributed by atoms with Crippen LogP contribution < -0.4 is 11.1 Å². The van der Waals surface area contributed by atoms with E-state index in [2.05, 4.69) is 20.5 Å². The van der Waals surface area contributed by atoms with Crippen molar-refractivity contribution in [2.75, 3.05) is 5.32 Å². The van der Waals surface area contributed by atoms with Gasteiger partial charge in [-0.2, -0.15) is 23.4 Å². The largest absolute Gasteiger partial charge is 0.433 e. The van der Waals surface area contributed by atoms with Gasteiger partial charge in [-0.3, -0.25) is 24.4 Å². The average Bonchev–Trinajstić information content (AvgIpc) is 3.59. The van der Waals surface area contributed by atoms with Gasteiger partial charge >= 0.3 is 11.9 Å². The number of anilines is 1. The fourth-order valence-electron chi connectivity index (χ4n) is 4.46. The smallest absolute Gasteiger partial charge is 0.365 e. The lowest BCUT2D eigenvalue weighted by molar-refractivity contribution is -0.386. The topological polar surface area (TPSA) is 164 Å². The van der Waals surface area contributed by atoms with Gasteiger partial charge in [-0.05, 0) is 44.0 Å². The summed E-state index contributed by atoms with van der Waals surface area (Å²) in [6.45, 7) is 4.82. The molecule has 0 aliphatic rings. The Morgan fingerprint density at radius 3 is 2.40 bits per heavy atom. The van der Waals surface area contributed by atoms with Gasteiger partial charge in [-0.15, -0.1) is 11.3 Å². The third-order valence-electron chi connectivity index (χ3n) is 6.46. The lowest BCUT2D eigenvalue weighted by Gasteiger charge is -2.12. The Balaban J connectivity index is 1.55. The minimum absolute atomic E-state index is 0.0383. The molecule has 4 aromatic heterocycles. The van der Waals surface area contributed by atoms with Gasteiger partial charge in [0.25, 0.3) is 11.8 Å². The summed E-state index contributed by atoms with van der Waals surface area (Å²) in [7, 11) is 0. The average molecular weight is 599 g/mol. The SMILES string of the molecule is Cc1ccc(-c2cc(C(F)(F)F)nc3sc(C(N)=O)c(NC(=O)c4ccn(Cn5nc(C)c([N+](=O)[O-])c5C)n4)c23)cc1. The number of nitrogens with two attached hydrogens (primary N) is 1. The van der Waals surface area contributed by atoms with E-state index in [4.69, 9.17) is 5.73 Å². The molecule has 42 heavy (non-hydrogen) atoms. The van der Waals surface area contributed by atoms with E-state index < -0.39 is 28.6 Å². The molecule has 0 saturated heterocycles. The zero-order valence-electron chi connectivity index (χ0n) is 22.2. The Kier molecular flexibility index (Phi) is 7.01. The van der Waals surface area contributed by atoms with E-state index >= 15 is 0 Å². The first-order valence-corrected chi connectivity index (χ1v) is 13.0. The van der Waals surface area contributed by atoms with E-state index in [1.54, 1.807) is 24.3 Å². The predicted octanol–water partition coefficient (Wildman–Crippen LogP) is 5.07. The van der Waals surface area contributed by atoms with Crippen LogP contribution in [0, 0.1) is 30.9 Å². The summed E-state index contributed by atoms with van der Waals surface area (Å²) >= 11 is 0.633. The number of amides is 2. The number of aryl methyl sites for hydroxylation is 2. The number of fused-ring (bicyclic) bond motifs is 1. The van der Waals surface area contributed by atoms with E-state index in [9.17, 15) is 32.9 Å². The maximum absolute atomic E-state index is 13.8. The summed E-state index contributed by atoms with van der Waals surface area (Å²) in [5.41, 5.74) is 5.98. The molecule has 1 aromatic carbocycles. The van der Waals surface area contributed by atoms with Crippen LogP contribution in [0.1, 0.15) is 42.8 Å². The van der Waals surface area contributed by atoms with E-state index in [-0.39, 0.29) is 50.1 Å². The number of benzene rings is 1. The molecule has 0 saturated carbocycles. The molecule has 12 nitrogen and oxygen atoms in total. The van der Waals surface area contributed by atoms with E-state index in [1.807, 2.05) is 6.92 Å². The quantitative estimate of drug-likeness (QED) is 0.195. The molecule has 0 fully saturated rings. The fourth-order valence-corrected chi connectivity index (χ4v) is 5.47. The Labute approximate surface area is 238 Å². The van der Waals surface area contributed by atoms with E-state index in [0.717, 1.165) is 11.6 Å².